The second-order valence-corrected chi connectivity index (χ2v) is 9.64. The molecule has 1 amide bonds. The van der Waals surface area contributed by atoms with Gasteiger partial charge in [-0.2, -0.15) is 0 Å². The van der Waals surface area contributed by atoms with E-state index in [1.54, 1.807) is 6.08 Å². The molecule has 0 bridgehead atoms. The van der Waals surface area contributed by atoms with E-state index in [1.165, 1.54) is 17.7 Å². The highest BCUT2D eigenvalue weighted by Gasteiger charge is 2.21. The fourth-order valence-corrected chi connectivity index (χ4v) is 5.03. The molecule has 0 radical (unpaired) electrons. The SMILES string of the molecule is Cc1ccc2c(c1)c(/C=C/C(=O)NCC1CN(Cc3ccc(F)cc3)CCO1)c(-c1ccccc1)n2C.Cl. The van der Waals surface area contributed by atoms with Crippen molar-refractivity contribution in [3.05, 3.63) is 101 Å². The van der Waals surface area contributed by atoms with Gasteiger partial charge in [0.1, 0.15) is 5.82 Å². The number of morpholine rings is 1. The van der Waals surface area contributed by atoms with Gasteiger partial charge in [0.2, 0.25) is 5.91 Å². The van der Waals surface area contributed by atoms with Crippen molar-refractivity contribution in [2.45, 2.75) is 19.6 Å². The summed E-state index contributed by atoms with van der Waals surface area (Å²) in [5, 5.41) is 4.13. The Hall–Kier alpha value is -3.45. The van der Waals surface area contributed by atoms with E-state index in [-0.39, 0.29) is 30.2 Å². The maximum atomic E-state index is 13.2. The summed E-state index contributed by atoms with van der Waals surface area (Å²) in [5.74, 6) is -0.378. The van der Waals surface area contributed by atoms with Gasteiger partial charge in [-0.15, -0.1) is 12.4 Å². The summed E-state index contributed by atoms with van der Waals surface area (Å²) in [5.41, 5.74) is 6.58. The molecule has 7 heteroatoms. The van der Waals surface area contributed by atoms with Crippen molar-refractivity contribution in [2.24, 2.45) is 7.05 Å². The minimum atomic E-state index is -0.228. The van der Waals surface area contributed by atoms with Crippen molar-refractivity contribution in [3.63, 3.8) is 0 Å². The molecule has 2 heterocycles. The van der Waals surface area contributed by atoms with E-state index in [0.29, 0.717) is 19.7 Å². The molecule has 198 valence electrons. The van der Waals surface area contributed by atoms with Crippen LogP contribution in [0.5, 0.6) is 0 Å². The lowest BCUT2D eigenvalue weighted by molar-refractivity contribution is -0.117. The molecule has 1 atom stereocenters. The number of benzene rings is 3. The molecule has 1 saturated heterocycles. The Bertz CT molecular complexity index is 1420. The van der Waals surface area contributed by atoms with Crippen LogP contribution in [0.1, 0.15) is 16.7 Å². The molecular formula is C31H33ClFN3O2. The Morgan fingerprint density at radius 3 is 2.63 bits per heavy atom. The zero-order valence-electron chi connectivity index (χ0n) is 21.7. The Labute approximate surface area is 229 Å². The highest BCUT2D eigenvalue weighted by molar-refractivity contribution is 6.01. The van der Waals surface area contributed by atoms with E-state index >= 15 is 0 Å². The van der Waals surface area contributed by atoms with Gasteiger partial charge >= 0.3 is 0 Å². The fourth-order valence-electron chi connectivity index (χ4n) is 5.03. The zero-order valence-corrected chi connectivity index (χ0v) is 22.5. The predicted octanol–water partition coefficient (Wildman–Crippen LogP) is 5.75. The maximum Gasteiger partial charge on any atom is 0.244 e. The molecule has 0 saturated carbocycles. The average molecular weight is 534 g/mol. The highest BCUT2D eigenvalue weighted by atomic mass is 35.5. The number of hydrogen-bond acceptors (Lipinski definition) is 3. The number of ether oxygens (including phenoxy) is 1. The monoisotopic (exact) mass is 533 g/mol. The van der Waals surface area contributed by atoms with E-state index in [2.05, 4.69) is 59.1 Å². The third kappa shape index (κ3) is 6.33. The Morgan fingerprint density at radius 2 is 1.87 bits per heavy atom. The number of hydrogen-bond donors (Lipinski definition) is 1. The smallest absolute Gasteiger partial charge is 0.244 e. The summed E-state index contributed by atoms with van der Waals surface area (Å²) >= 11 is 0. The first-order valence-corrected chi connectivity index (χ1v) is 12.7. The molecule has 3 aromatic carbocycles. The zero-order chi connectivity index (χ0) is 25.8. The number of rotatable bonds is 7. The lowest BCUT2D eigenvalue weighted by Gasteiger charge is -2.33. The summed E-state index contributed by atoms with van der Waals surface area (Å²) in [6.45, 7) is 5.37. The second kappa shape index (κ2) is 12.4. The third-order valence-corrected chi connectivity index (χ3v) is 6.89. The van der Waals surface area contributed by atoms with Crippen molar-refractivity contribution in [1.82, 2.24) is 14.8 Å². The van der Waals surface area contributed by atoms with Crippen LogP contribution in [0.15, 0.2) is 78.9 Å². The van der Waals surface area contributed by atoms with Gasteiger partial charge in [-0.3, -0.25) is 9.69 Å². The molecule has 4 aromatic rings. The predicted molar refractivity (Wildman–Crippen MR) is 154 cm³/mol. The number of amides is 1. The largest absolute Gasteiger partial charge is 0.374 e. The van der Waals surface area contributed by atoms with Gasteiger partial charge in [-0.1, -0.05) is 54.1 Å². The molecule has 1 N–H and O–H groups in total. The Morgan fingerprint density at radius 1 is 1.11 bits per heavy atom. The van der Waals surface area contributed by atoms with Crippen LogP contribution in [0.2, 0.25) is 0 Å². The lowest BCUT2D eigenvalue weighted by Crippen LogP contribution is -2.46. The summed E-state index contributed by atoms with van der Waals surface area (Å²) in [4.78, 5) is 15.1. The Kier molecular flexibility index (Phi) is 9.00. The molecule has 38 heavy (non-hydrogen) atoms. The van der Waals surface area contributed by atoms with E-state index < -0.39 is 0 Å². The highest BCUT2D eigenvalue weighted by Crippen LogP contribution is 2.34. The van der Waals surface area contributed by atoms with E-state index in [9.17, 15) is 9.18 Å². The molecular weight excluding hydrogens is 501 g/mol. The third-order valence-electron chi connectivity index (χ3n) is 6.89. The lowest BCUT2D eigenvalue weighted by atomic mass is 10.0. The number of carbonyl (C=O) groups is 1. The number of aryl methyl sites for hydroxylation is 2. The van der Waals surface area contributed by atoms with Crippen LogP contribution in [0, 0.1) is 12.7 Å². The van der Waals surface area contributed by atoms with Crippen LogP contribution >= 0.6 is 12.4 Å². The number of aromatic nitrogens is 1. The Balaban J connectivity index is 0.00000336. The van der Waals surface area contributed by atoms with E-state index in [0.717, 1.165) is 46.4 Å². The first-order chi connectivity index (χ1) is 18.0. The molecule has 0 spiro atoms. The normalized spacial score (nSPS) is 16.0. The van der Waals surface area contributed by atoms with Crippen molar-refractivity contribution in [1.29, 1.82) is 0 Å². The molecule has 1 aliphatic rings. The van der Waals surface area contributed by atoms with Crippen LogP contribution in [-0.2, 0) is 23.1 Å². The molecule has 1 unspecified atom stereocenters. The average Bonchev–Trinajstić information content (AvgIpc) is 3.18. The number of nitrogens with one attached hydrogen (secondary N) is 1. The minimum Gasteiger partial charge on any atom is -0.374 e. The van der Waals surface area contributed by atoms with Gasteiger partial charge in [-0.05, 0) is 48.4 Å². The standard InChI is InChI=1S/C31H32FN3O2.ClH/c1-22-8-14-29-28(18-22)27(31(34(29)2)24-6-4-3-5-7-24)13-15-30(36)33-19-26-21-35(16-17-37-26)20-23-9-11-25(32)12-10-23;/h3-15,18,26H,16-17,19-21H2,1-2H3,(H,33,36);1H/b15-13+;. The van der Waals surface area contributed by atoms with Crippen LogP contribution in [0.25, 0.3) is 28.2 Å². The van der Waals surface area contributed by atoms with Gasteiger partial charge < -0.3 is 14.6 Å². The summed E-state index contributed by atoms with van der Waals surface area (Å²) < 4.78 is 21.3. The second-order valence-electron chi connectivity index (χ2n) is 9.64. The summed E-state index contributed by atoms with van der Waals surface area (Å²) in [6, 6.07) is 23.3. The molecule has 5 nitrogen and oxygen atoms in total. The molecule has 1 aromatic heterocycles. The molecule has 1 aliphatic heterocycles. The summed E-state index contributed by atoms with van der Waals surface area (Å²) in [6.07, 6.45) is 3.44. The van der Waals surface area contributed by atoms with Crippen LogP contribution in [0.3, 0.4) is 0 Å². The van der Waals surface area contributed by atoms with Crippen molar-refractivity contribution in [3.8, 4) is 11.3 Å². The van der Waals surface area contributed by atoms with Crippen molar-refractivity contribution < 1.29 is 13.9 Å². The number of fused-ring (bicyclic) bond motifs is 1. The minimum absolute atomic E-state index is 0. The van der Waals surface area contributed by atoms with Gasteiger partial charge in [0.05, 0.1) is 18.4 Å². The number of carbonyl (C=O) groups excluding carboxylic acids is 1. The summed E-state index contributed by atoms with van der Waals surface area (Å²) in [7, 11) is 2.06. The van der Waals surface area contributed by atoms with E-state index in [4.69, 9.17) is 4.74 Å². The van der Waals surface area contributed by atoms with E-state index in [1.807, 2.05) is 36.4 Å². The molecule has 1 fully saturated rings. The molecule has 5 rings (SSSR count). The number of halogens is 2. The van der Waals surface area contributed by atoms with Crippen LogP contribution < -0.4 is 5.32 Å². The van der Waals surface area contributed by atoms with Crippen LogP contribution in [-0.4, -0.2) is 47.7 Å². The first-order valence-electron chi connectivity index (χ1n) is 12.7. The van der Waals surface area contributed by atoms with Gasteiger partial charge in [0.15, 0.2) is 0 Å². The maximum absolute atomic E-state index is 13.2. The fraction of sp³-hybridized carbons (Fsp3) is 0.258. The van der Waals surface area contributed by atoms with Crippen molar-refractivity contribution >= 4 is 35.3 Å². The van der Waals surface area contributed by atoms with Crippen molar-refractivity contribution in [2.75, 3.05) is 26.2 Å². The first kappa shape index (κ1) is 27.6. The van der Waals surface area contributed by atoms with Gasteiger partial charge in [0, 0.05) is 55.8 Å². The van der Waals surface area contributed by atoms with Crippen LogP contribution in [0.4, 0.5) is 4.39 Å². The molecule has 0 aliphatic carbocycles. The topological polar surface area (TPSA) is 46.5 Å². The number of nitrogens with zero attached hydrogens (tertiary/aromatic N) is 2. The van der Waals surface area contributed by atoms with Gasteiger partial charge in [0.25, 0.3) is 0 Å². The van der Waals surface area contributed by atoms with Gasteiger partial charge in [-0.25, -0.2) is 4.39 Å². The quantitative estimate of drug-likeness (QED) is 0.308.